The smallest absolute Gasteiger partial charge is 0.262 e. The summed E-state index contributed by atoms with van der Waals surface area (Å²) in [5.74, 6) is 1.15. The summed E-state index contributed by atoms with van der Waals surface area (Å²) in [6.45, 7) is 5.30. The number of thiazole rings is 1. The van der Waals surface area contributed by atoms with Gasteiger partial charge in [-0.3, -0.25) is 4.79 Å². The second kappa shape index (κ2) is 5.73. The second-order valence-electron chi connectivity index (χ2n) is 5.36. The third kappa shape index (κ3) is 3.16. The Labute approximate surface area is 127 Å². The van der Waals surface area contributed by atoms with Crippen LogP contribution in [-0.2, 0) is 4.79 Å². The van der Waals surface area contributed by atoms with E-state index in [4.69, 9.17) is 4.74 Å². The third-order valence-corrected chi connectivity index (χ3v) is 3.87. The maximum atomic E-state index is 11.4. The summed E-state index contributed by atoms with van der Waals surface area (Å²) in [5, 5.41) is 9.05. The standard InChI is InChI=1S/C15H17N3O2S/c1-9(2)6-16-15-18-12(8-21-15)10-3-4-13-11(5-10)17-14(19)7-20-13/h3-5,8-9H,6-7H2,1-2H3,(H,16,18)(H,17,19). The molecule has 2 aromatic rings. The van der Waals surface area contributed by atoms with Crippen molar-refractivity contribution in [3.05, 3.63) is 23.6 Å². The molecular weight excluding hydrogens is 286 g/mol. The van der Waals surface area contributed by atoms with E-state index in [1.807, 2.05) is 23.6 Å². The summed E-state index contributed by atoms with van der Waals surface area (Å²) in [5.41, 5.74) is 2.57. The lowest BCUT2D eigenvalue weighted by Gasteiger charge is -2.18. The number of anilines is 2. The Morgan fingerprint density at radius 1 is 1.48 bits per heavy atom. The molecule has 0 fully saturated rings. The molecule has 2 heterocycles. The maximum Gasteiger partial charge on any atom is 0.262 e. The Bertz CT molecular complexity index is 667. The lowest BCUT2D eigenvalue weighted by molar-refractivity contribution is -0.118. The first-order chi connectivity index (χ1) is 10.1. The highest BCUT2D eigenvalue weighted by molar-refractivity contribution is 7.14. The van der Waals surface area contributed by atoms with Gasteiger partial charge in [-0.1, -0.05) is 13.8 Å². The van der Waals surface area contributed by atoms with Gasteiger partial charge in [0.05, 0.1) is 11.4 Å². The van der Waals surface area contributed by atoms with Gasteiger partial charge in [0, 0.05) is 17.5 Å². The molecule has 0 bridgehead atoms. The molecule has 3 rings (SSSR count). The zero-order valence-electron chi connectivity index (χ0n) is 12.0. The van der Waals surface area contributed by atoms with Gasteiger partial charge in [0.1, 0.15) is 5.75 Å². The Kier molecular flexibility index (Phi) is 3.79. The van der Waals surface area contributed by atoms with E-state index in [0.717, 1.165) is 22.9 Å². The van der Waals surface area contributed by atoms with Crippen molar-refractivity contribution < 1.29 is 9.53 Å². The van der Waals surface area contributed by atoms with Gasteiger partial charge in [-0.25, -0.2) is 4.98 Å². The van der Waals surface area contributed by atoms with E-state index in [1.165, 1.54) is 0 Å². The molecule has 110 valence electrons. The predicted octanol–water partition coefficient (Wildman–Crippen LogP) is 3.21. The van der Waals surface area contributed by atoms with Crippen LogP contribution in [0.4, 0.5) is 10.8 Å². The maximum absolute atomic E-state index is 11.4. The summed E-state index contributed by atoms with van der Waals surface area (Å²) in [7, 11) is 0. The van der Waals surface area contributed by atoms with Gasteiger partial charge in [0.15, 0.2) is 11.7 Å². The first-order valence-corrected chi connectivity index (χ1v) is 7.76. The van der Waals surface area contributed by atoms with E-state index in [2.05, 4.69) is 29.5 Å². The van der Waals surface area contributed by atoms with Crippen LogP contribution in [0.1, 0.15) is 13.8 Å². The SMILES string of the molecule is CC(C)CNc1nc(-c2ccc3c(c2)NC(=O)CO3)cs1. The van der Waals surface area contributed by atoms with Crippen molar-refractivity contribution in [3.8, 4) is 17.0 Å². The van der Waals surface area contributed by atoms with Crippen LogP contribution in [0.15, 0.2) is 23.6 Å². The topological polar surface area (TPSA) is 63.2 Å². The van der Waals surface area contributed by atoms with Crippen LogP contribution < -0.4 is 15.4 Å². The molecule has 1 aromatic heterocycles. The first-order valence-electron chi connectivity index (χ1n) is 6.88. The fourth-order valence-electron chi connectivity index (χ4n) is 2.02. The average molecular weight is 303 g/mol. The molecule has 1 aliphatic heterocycles. The van der Waals surface area contributed by atoms with Crippen LogP contribution in [0.3, 0.4) is 0 Å². The molecular formula is C15H17N3O2S. The second-order valence-corrected chi connectivity index (χ2v) is 6.22. The van der Waals surface area contributed by atoms with E-state index in [0.29, 0.717) is 17.4 Å². The van der Waals surface area contributed by atoms with E-state index in [-0.39, 0.29) is 12.5 Å². The minimum atomic E-state index is -0.128. The lowest BCUT2D eigenvalue weighted by Crippen LogP contribution is -2.25. The fraction of sp³-hybridized carbons (Fsp3) is 0.333. The molecule has 0 saturated heterocycles. The zero-order chi connectivity index (χ0) is 14.8. The number of nitrogens with zero attached hydrogens (tertiary/aromatic N) is 1. The summed E-state index contributed by atoms with van der Waals surface area (Å²) in [6, 6.07) is 5.72. The number of amides is 1. The number of nitrogens with one attached hydrogen (secondary N) is 2. The number of aromatic nitrogens is 1. The van der Waals surface area contributed by atoms with Crippen LogP contribution in [0.25, 0.3) is 11.3 Å². The monoisotopic (exact) mass is 303 g/mol. The van der Waals surface area contributed by atoms with E-state index < -0.39 is 0 Å². The van der Waals surface area contributed by atoms with Crippen LogP contribution in [0, 0.1) is 5.92 Å². The predicted molar refractivity (Wildman–Crippen MR) is 85.0 cm³/mol. The van der Waals surface area contributed by atoms with Crippen molar-refractivity contribution in [2.75, 3.05) is 23.8 Å². The molecule has 1 aliphatic rings. The minimum Gasteiger partial charge on any atom is -0.482 e. The van der Waals surface area contributed by atoms with Crippen molar-refractivity contribution in [2.45, 2.75) is 13.8 Å². The molecule has 21 heavy (non-hydrogen) atoms. The van der Waals surface area contributed by atoms with Crippen molar-refractivity contribution in [1.29, 1.82) is 0 Å². The van der Waals surface area contributed by atoms with E-state index in [9.17, 15) is 4.79 Å². The normalized spacial score (nSPS) is 13.6. The third-order valence-electron chi connectivity index (χ3n) is 3.07. The Hall–Kier alpha value is -2.08. The van der Waals surface area contributed by atoms with Gasteiger partial charge >= 0.3 is 0 Å². The number of fused-ring (bicyclic) bond motifs is 1. The molecule has 5 nitrogen and oxygen atoms in total. The largest absolute Gasteiger partial charge is 0.482 e. The highest BCUT2D eigenvalue weighted by Gasteiger charge is 2.17. The van der Waals surface area contributed by atoms with Crippen molar-refractivity contribution >= 4 is 28.1 Å². The summed E-state index contributed by atoms with van der Waals surface area (Å²) in [6.07, 6.45) is 0. The molecule has 1 amide bonds. The average Bonchev–Trinajstić information content (AvgIpc) is 2.93. The number of ether oxygens (including phenoxy) is 1. The number of hydrogen-bond donors (Lipinski definition) is 2. The van der Waals surface area contributed by atoms with Gasteiger partial charge in [-0.15, -0.1) is 11.3 Å². The highest BCUT2D eigenvalue weighted by atomic mass is 32.1. The van der Waals surface area contributed by atoms with Gasteiger partial charge in [-0.2, -0.15) is 0 Å². The van der Waals surface area contributed by atoms with Crippen LogP contribution in [0.2, 0.25) is 0 Å². The van der Waals surface area contributed by atoms with Gasteiger partial charge in [-0.05, 0) is 24.1 Å². The number of hydrogen-bond acceptors (Lipinski definition) is 5. The Morgan fingerprint density at radius 2 is 2.33 bits per heavy atom. The quantitative estimate of drug-likeness (QED) is 0.910. The molecule has 0 atom stereocenters. The van der Waals surface area contributed by atoms with Crippen molar-refractivity contribution in [2.24, 2.45) is 5.92 Å². The van der Waals surface area contributed by atoms with Gasteiger partial charge in [0.2, 0.25) is 0 Å². The molecule has 0 unspecified atom stereocenters. The van der Waals surface area contributed by atoms with Gasteiger partial charge in [0.25, 0.3) is 5.91 Å². The molecule has 6 heteroatoms. The van der Waals surface area contributed by atoms with Crippen molar-refractivity contribution in [3.63, 3.8) is 0 Å². The van der Waals surface area contributed by atoms with Crippen LogP contribution in [0.5, 0.6) is 5.75 Å². The Morgan fingerprint density at radius 3 is 3.14 bits per heavy atom. The highest BCUT2D eigenvalue weighted by Crippen LogP contribution is 2.33. The fourth-order valence-corrected chi connectivity index (χ4v) is 2.75. The molecule has 1 aromatic carbocycles. The Balaban J connectivity index is 1.81. The summed E-state index contributed by atoms with van der Waals surface area (Å²) >= 11 is 1.58. The van der Waals surface area contributed by atoms with Crippen molar-refractivity contribution in [1.82, 2.24) is 4.98 Å². The number of carbonyl (C=O) groups is 1. The minimum absolute atomic E-state index is 0.0757. The van der Waals surface area contributed by atoms with Crippen LogP contribution in [-0.4, -0.2) is 24.0 Å². The summed E-state index contributed by atoms with van der Waals surface area (Å²) < 4.78 is 5.35. The number of rotatable bonds is 4. The zero-order valence-corrected chi connectivity index (χ0v) is 12.8. The molecule has 0 saturated carbocycles. The first kappa shape index (κ1) is 13.9. The molecule has 0 radical (unpaired) electrons. The van der Waals surface area contributed by atoms with E-state index in [1.54, 1.807) is 11.3 Å². The molecule has 0 spiro atoms. The van der Waals surface area contributed by atoms with Crippen LogP contribution >= 0.6 is 11.3 Å². The number of benzene rings is 1. The summed E-state index contributed by atoms with van der Waals surface area (Å²) in [4.78, 5) is 15.9. The lowest BCUT2D eigenvalue weighted by atomic mass is 10.1. The van der Waals surface area contributed by atoms with E-state index >= 15 is 0 Å². The molecule has 2 N–H and O–H groups in total. The van der Waals surface area contributed by atoms with Gasteiger partial charge < -0.3 is 15.4 Å². The molecule has 0 aliphatic carbocycles. The number of carbonyl (C=O) groups excluding carboxylic acids is 1.